The molecule has 2 aromatic rings. The number of halogens is 1. The van der Waals surface area contributed by atoms with Gasteiger partial charge in [-0.2, -0.15) is 0 Å². The number of ether oxygens (including phenoxy) is 2. The van der Waals surface area contributed by atoms with Crippen LogP contribution in [0.5, 0.6) is 11.5 Å². The first-order valence-corrected chi connectivity index (χ1v) is 8.09. The standard InChI is InChI=1S/C17H14ClN3O4/c18-15-4-2-12(6-19-15)20-16(22)11-7-21(8-11)17(23)10-1-3-13-14(5-10)25-9-24-13/h1-6,11H,7-9H2,(H,20,22). The molecule has 0 spiro atoms. The monoisotopic (exact) mass is 359 g/mol. The number of benzene rings is 1. The summed E-state index contributed by atoms with van der Waals surface area (Å²) < 4.78 is 10.5. The molecule has 128 valence electrons. The molecule has 0 radical (unpaired) electrons. The second-order valence-corrected chi connectivity index (χ2v) is 6.22. The van der Waals surface area contributed by atoms with Crippen molar-refractivity contribution >= 4 is 29.1 Å². The van der Waals surface area contributed by atoms with Crippen molar-refractivity contribution in [3.63, 3.8) is 0 Å². The van der Waals surface area contributed by atoms with E-state index in [0.717, 1.165) is 0 Å². The summed E-state index contributed by atoms with van der Waals surface area (Å²) in [5.41, 5.74) is 1.10. The van der Waals surface area contributed by atoms with Gasteiger partial charge in [0.2, 0.25) is 12.7 Å². The molecule has 7 nitrogen and oxygen atoms in total. The van der Waals surface area contributed by atoms with Gasteiger partial charge in [0.1, 0.15) is 5.15 Å². The molecule has 0 bridgehead atoms. The van der Waals surface area contributed by atoms with Gasteiger partial charge in [-0.3, -0.25) is 9.59 Å². The average Bonchev–Trinajstić information content (AvgIpc) is 3.03. The number of nitrogens with zero attached hydrogens (tertiary/aromatic N) is 2. The number of amides is 2. The van der Waals surface area contributed by atoms with Crippen LogP contribution in [0.25, 0.3) is 0 Å². The highest BCUT2D eigenvalue weighted by Gasteiger charge is 2.36. The number of anilines is 1. The van der Waals surface area contributed by atoms with E-state index in [4.69, 9.17) is 21.1 Å². The van der Waals surface area contributed by atoms with Gasteiger partial charge in [-0.1, -0.05) is 11.6 Å². The van der Waals surface area contributed by atoms with Gasteiger partial charge < -0.3 is 19.7 Å². The molecule has 0 unspecified atom stereocenters. The largest absolute Gasteiger partial charge is 0.454 e. The first kappa shape index (κ1) is 15.7. The maximum atomic E-state index is 12.5. The second kappa shape index (κ2) is 6.25. The van der Waals surface area contributed by atoms with Gasteiger partial charge in [-0.05, 0) is 30.3 Å². The molecule has 1 aromatic heterocycles. The van der Waals surface area contributed by atoms with Crippen LogP contribution < -0.4 is 14.8 Å². The van der Waals surface area contributed by atoms with Gasteiger partial charge in [-0.15, -0.1) is 0 Å². The molecule has 1 saturated heterocycles. The highest BCUT2D eigenvalue weighted by atomic mass is 35.5. The predicted molar refractivity (Wildman–Crippen MR) is 89.8 cm³/mol. The molecule has 2 amide bonds. The summed E-state index contributed by atoms with van der Waals surface area (Å²) in [6.45, 7) is 0.915. The van der Waals surface area contributed by atoms with Crippen molar-refractivity contribution in [1.29, 1.82) is 0 Å². The van der Waals surface area contributed by atoms with Crippen LogP contribution in [-0.4, -0.2) is 41.6 Å². The van der Waals surface area contributed by atoms with Gasteiger partial charge in [-0.25, -0.2) is 4.98 Å². The summed E-state index contributed by atoms with van der Waals surface area (Å²) in [6, 6.07) is 8.36. The number of aromatic nitrogens is 1. The number of hydrogen-bond donors (Lipinski definition) is 1. The lowest BCUT2D eigenvalue weighted by Gasteiger charge is -2.38. The Hall–Kier alpha value is -2.80. The van der Waals surface area contributed by atoms with Gasteiger partial charge in [0, 0.05) is 18.7 Å². The number of pyridine rings is 1. The Morgan fingerprint density at radius 1 is 1.16 bits per heavy atom. The lowest BCUT2D eigenvalue weighted by molar-refractivity contribution is -0.123. The van der Waals surface area contributed by atoms with Crippen LogP contribution >= 0.6 is 11.6 Å². The van der Waals surface area contributed by atoms with E-state index in [0.29, 0.717) is 41.0 Å². The van der Waals surface area contributed by atoms with Crippen molar-refractivity contribution in [3.8, 4) is 11.5 Å². The lowest BCUT2D eigenvalue weighted by Crippen LogP contribution is -2.54. The van der Waals surface area contributed by atoms with E-state index in [1.807, 2.05) is 0 Å². The third-order valence-corrected chi connectivity index (χ3v) is 4.38. The number of carbonyl (C=O) groups is 2. The highest BCUT2D eigenvalue weighted by molar-refractivity contribution is 6.29. The predicted octanol–water partition coefficient (Wildman–Crippen LogP) is 2.17. The Labute approximate surface area is 148 Å². The van der Waals surface area contributed by atoms with Gasteiger partial charge in [0.05, 0.1) is 17.8 Å². The van der Waals surface area contributed by atoms with Crippen LogP contribution in [0.15, 0.2) is 36.5 Å². The molecule has 0 saturated carbocycles. The Kier molecular flexibility index (Phi) is 3.93. The molecule has 25 heavy (non-hydrogen) atoms. The van der Waals surface area contributed by atoms with E-state index in [-0.39, 0.29) is 24.5 Å². The maximum absolute atomic E-state index is 12.5. The zero-order chi connectivity index (χ0) is 17.4. The topological polar surface area (TPSA) is 80.8 Å². The molecule has 1 fully saturated rings. The Morgan fingerprint density at radius 2 is 1.96 bits per heavy atom. The van der Waals surface area contributed by atoms with Crippen LogP contribution in [0.4, 0.5) is 5.69 Å². The molecular weight excluding hydrogens is 346 g/mol. The van der Waals surface area contributed by atoms with Gasteiger partial charge >= 0.3 is 0 Å². The first-order valence-electron chi connectivity index (χ1n) is 7.71. The number of nitrogens with one attached hydrogen (secondary N) is 1. The minimum absolute atomic E-state index is 0.129. The van der Waals surface area contributed by atoms with Crippen molar-refractivity contribution in [1.82, 2.24) is 9.88 Å². The molecule has 2 aliphatic heterocycles. The van der Waals surface area contributed by atoms with Crippen LogP contribution in [0, 0.1) is 5.92 Å². The minimum Gasteiger partial charge on any atom is -0.454 e. The molecule has 4 rings (SSSR count). The molecular formula is C17H14ClN3O4. The number of likely N-dealkylation sites (tertiary alicyclic amines) is 1. The maximum Gasteiger partial charge on any atom is 0.254 e. The van der Waals surface area contributed by atoms with Gasteiger partial charge in [0.15, 0.2) is 11.5 Å². The lowest BCUT2D eigenvalue weighted by atomic mass is 9.97. The number of carbonyl (C=O) groups excluding carboxylic acids is 2. The van der Waals surface area contributed by atoms with E-state index < -0.39 is 0 Å². The van der Waals surface area contributed by atoms with E-state index in [1.54, 1.807) is 35.2 Å². The number of rotatable bonds is 3. The van der Waals surface area contributed by atoms with Crippen molar-refractivity contribution in [2.24, 2.45) is 5.92 Å². The highest BCUT2D eigenvalue weighted by Crippen LogP contribution is 2.33. The molecule has 3 heterocycles. The number of fused-ring (bicyclic) bond motifs is 1. The van der Waals surface area contributed by atoms with E-state index >= 15 is 0 Å². The molecule has 1 aromatic carbocycles. The fourth-order valence-electron chi connectivity index (χ4n) is 2.72. The van der Waals surface area contributed by atoms with E-state index in [2.05, 4.69) is 10.3 Å². The van der Waals surface area contributed by atoms with Crippen molar-refractivity contribution in [3.05, 3.63) is 47.2 Å². The summed E-state index contributed by atoms with van der Waals surface area (Å²) in [4.78, 5) is 30.2. The Balaban J connectivity index is 1.34. The fraction of sp³-hybridized carbons (Fsp3) is 0.235. The summed E-state index contributed by atoms with van der Waals surface area (Å²) in [5.74, 6) is 0.688. The summed E-state index contributed by atoms with van der Waals surface area (Å²) in [7, 11) is 0. The molecule has 8 heteroatoms. The molecule has 0 aliphatic carbocycles. The Morgan fingerprint density at radius 3 is 2.72 bits per heavy atom. The van der Waals surface area contributed by atoms with Crippen LogP contribution in [-0.2, 0) is 4.79 Å². The molecule has 2 aliphatic rings. The summed E-state index contributed by atoms with van der Waals surface area (Å²) in [6.07, 6.45) is 1.49. The fourth-order valence-corrected chi connectivity index (χ4v) is 2.83. The molecule has 1 N–H and O–H groups in total. The zero-order valence-corrected chi connectivity index (χ0v) is 13.8. The molecule has 0 atom stereocenters. The van der Waals surface area contributed by atoms with E-state index in [1.165, 1.54) is 6.20 Å². The second-order valence-electron chi connectivity index (χ2n) is 5.83. The van der Waals surface area contributed by atoms with Gasteiger partial charge in [0.25, 0.3) is 5.91 Å². The quantitative estimate of drug-likeness (QED) is 0.849. The van der Waals surface area contributed by atoms with Crippen LogP contribution in [0.1, 0.15) is 10.4 Å². The third kappa shape index (κ3) is 3.10. The average molecular weight is 360 g/mol. The van der Waals surface area contributed by atoms with Crippen molar-refractivity contribution in [2.45, 2.75) is 0 Å². The Bertz CT molecular complexity index is 834. The number of hydrogen-bond acceptors (Lipinski definition) is 5. The minimum atomic E-state index is -0.242. The smallest absolute Gasteiger partial charge is 0.254 e. The third-order valence-electron chi connectivity index (χ3n) is 4.15. The van der Waals surface area contributed by atoms with Crippen LogP contribution in [0.2, 0.25) is 5.15 Å². The zero-order valence-electron chi connectivity index (χ0n) is 13.1. The normalized spacial score (nSPS) is 15.6. The summed E-state index contributed by atoms with van der Waals surface area (Å²) in [5, 5.41) is 3.13. The van der Waals surface area contributed by atoms with Crippen molar-refractivity contribution in [2.75, 3.05) is 25.2 Å². The van der Waals surface area contributed by atoms with Crippen LogP contribution in [0.3, 0.4) is 0 Å². The SMILES string of the molecule is O=C(Nc1ccc(Cl)nc1)C1CN(C(=O)c2ccc3c(c2)OCO3)C1. The van der Waals surface area contributed by atoms with E-state index in [9.17, 15) is 9.59 Å². The van der Waals surface area contributed by atoms with Crippen molar-refractivity contribution < 1.29 is 19.1 Å². The summed E-state index contributed by atoms with van der Waals surface area (Å²) >= 11 is 5.71. The first-order chi connectivity index (χ1) is 12.1.